The number of carbonyl (C=O) groups excluding carboxylic acids is 1. The highest BCUT2D eigenvalue weighted by Gasteiger charge is 2.09. The lowest BCUT2D eigenvalue weighted by Gasteiger charge is -2.06. The van der Waals surface area contributed by atoms with Crippen molar-refractivity contribution in [2.45, 2.75) is 11.7 Å². The highest BCUT2D eigenvalue weighted by Crippen LogP contribution is 2.17. The summed E-state index contributed by atoms with van der Waals surface area (Å²) in [4.78, 5) is 11.9. The van der Waals surface area contributed by atoms with Gasteiger partial charge in [-0.05, 0) is 18.2 Å². The molecule has 2 aromatic rings. The van der Waals surface area contributed by atoms with Crippen LogP contribution in [-0.4, -0.2) is 40.1 Å². The number of nitrogens with one attached hydrogen (secondary N) is 1. The second-order valence-corrected chi connectivity index (χ2v) is 5.53. The van der Waals surface area contributed by atoms with Gasteiger partial charge in [-0.1, -0.05) is 29.4 Å². The van der Waals surface area contributed by atoms with Crippen LogP contribution in [0.2, 0.25) is 5.02 Å². The van der Waals surface area contributed by atoms with Crippen LogP contribution in [0, 0.1) is 0 Å². The molecular formula is C13H15ClN4O2S. The molecule has 6 nitrogen and oxygen atoms in total. The van der Waals surface area contributed by atoms with Crippen molar-refractivity contribution >= 4 is 35.0 Å². The van der Waals surface area contributed by atoms with Gasteiger partial charge in [-0.15, -0.1) is 10.2 Å². The summed E-state index contributed by atoms with van der Waals surface area (Å²) in [6.45, 7) is 1.22. The monoisotopic (exact) mass is 326 g/mol. The summed E-state index contributed by atoms with van der Waals surface area (Å²) in [6, 6.07) is 7.03. The number of amides is 1. The van der Waals surface area contributed by atoms with E-state index in [0.717, 1.165) is 0 Å². The average molecular weight is 327 g/mol. The molecule has 0 saturated heterocycles. The first-order valence-electron chi connectivity index (χ1n) is 6.24. The molecule has 0 aliphatic heterocycles. The molecule has 1 amide bonds. The number of rotatable bonds is 7. The van der Waals surface area contributed by atoms with Crippen LogP contribution in [0.3, 0.4) is 0 Å². The number of anilines is 1. The van der Waals surface area contributed by atoms with E-state index in [2.05, 4.69) is 15.5 Å². The van der Waals surface area contributed by atoms with Crippen LogP contribution in [0.4, 0.5) is 5.69 Å². The minimum Gasteiger partial charge on any atom is -0.383 e. The van der Waals surface area contributed by atoms with Crippen LogP contribution in [0.5, 0.6) is 0 Å². The molecule has 0 atom stereocenters. The second kappa shape index (κ2) is 8.02. The van der Waals surface area contributed by atoms with Crippen molar-refractivity contribution in [2.75, 3.05) is 24.8 Å². The molecule has 0 bridgehead atoms. The SMILES string of the molecule is COCCn1cnnc1SCC(=O)Nc1cccc(Cl)c1. The van der Waals surface area contributed by atoms with E-state index in [0.29, 0.717) is 29.0 Å². The summed E-state index contributed by atoms with van der Waals surface area (Å²) in [6.07, 6.45) is 1.62. The fraction of sp³-hybridized carbons (Fsp3) is 0.308. The third-order valence-electron chi connectivity index (χ3n) is 2.56. The molecule has 1 N–H and O–H groups in total. The number of hydrogen-bond acceptors (Lipinski definition) is 5. The Balaban J connectivity index is 1.85. The lowest BCUT2D eigenvalue weighted by molar-refractivity contribution is -0.113. The van der Waals surface area contributed by atoms with Crippen LogP contribution in [-0.2, 0) is 16.1 Å². The number of thioether (sulfide) groups is 1. The van der Waals surface area contributed by atoms with Crippen molar-refractivity contribution in [3.05, 3.63) is 35.6 Å². The molecule has 0 unspecified atom stereocenters. The first-order valence-corrected chi connectivity index (χ1v) is 7.60. The van der Waals surface area contributed by atoms with Crippen molar-refractivity contribution in [3.63, 3.8) is 0 Å². The van der Waals surface area contributed by atoms with E-state index in [1.807, 2.05) is 4.57 Å². The Morgan fingerprint density at radius 1 is 1.52 bits per heavy atom. The second-order valence-electron chi connectivity index (χ2n) is 4.15. The number of hydrogen-bond donors (Lipinski definition) is 1. The standard InChI is InChI=1S/C13H15ClN4O2S/c1-20-6-5-18-9-15-17-13(18)21-8-12(19)16-11-4-2-3-10(14)7-11/h2-4,7,9H,5-6,8H2,1H3,(H,16,19). The Hall–Kier alpha value is -1.57. The first-order chi connectivity index (χ1) is 10.2. The molecule has 1 aromatic heterocycles. The van der Waals surface area contributed by atoms with Crippen molar-refractivity contribution in [1.29, 1.82) is 0 Å². The van der Waals surface area contributed by atoms with Gasteiger partial charge in [-0.3, -0.25) is 4.79 Å². The van der Waals surface area contributed by atoms with Gasteiger partial charge in [0.25, 0.3) is 0 Å². The highest BCUT2D eigenvalue weighted by atomic mass is 35.5. The molecule has 0 spiro atoms. The van der Waals surface area contributed by atoms with Crippen molar-refractivity contribution in [1.82, 2.24) is 14.8 Å². The van der Waals surface area contributed by atoms with E-state index in [9.17, 15) is 4.79 Å². The smallest absolute Gasteiger partial charge is 0.234 e. The number of nitrogens with zero attached hydrogens (tertiary/aromatic N) is 3. The summed E-state index contributed by atoms with van der Waals surface area (Å²) < 4.78 is 6.86. The van der Waals surface area contributed by atoms with Crippen LogP contribution in [0.1, 0.15) is 0 Å². The van der Waals surface area contributed by atoms with Gasteiger partial charge in [0.1, 0.15) is 6.33 Å². The first kappa shape index (κ1) is 15.8. The van der Waals surface area contributed by atoms with Gasteiger partial charge in [0.05, 0.1) is 12.4 Å². The van der Waals surface area contributed by atoms with Gasteiger partial charge in [0, 0.05) is 24.4 Å². The molecule has 8 heteroatoms. The highest BCUT2D eigenvalue weighted by molar-refractivity contribution is 7.99. The van der Waals surface area contributed by atoms with E-state index in [-0.39, 0.29) is 11.7 Å². The maximum absolute atomic E-state index is 11.9. The summed E-state index contributed by atoms with van der Waals surface area (Å²) in [5.74, 6) is 0.126. The Bertz CT molecular complexity index is 605. The molecular weight excluding hydrogens is 312 g/mol. The molecule has 0 aliphatic carbocycles. The molecule has 1 aromatic carbocycles. The summed E-state index contributed by atoms with van der Waals surface area (Å²) in [5.41, 5.74) is 0.675. The predicted molar refractivity (Wildman–Crippen MR) is 82.7 cm³/mol. The number of carbonyl (C=O) groups is 1. The summed E-state index contributed by atoms with van der Waals surface area (Å²) >= 11 is 7.19. The van der Waals surface area contributed by atoms with Crippen LogP contribution in [0.15, 0.2) is 35.7 Å². The zero-order chi connectivity index (χ0) is 15.1. The Labute approximate surface area is 131 Å². The number of aromatic nitrogens is 3. The normalized spacial score (nSPS) is 10.6. The number of benzene rings is 1. The minimum atomic E-state index is -0.122. The Kier molecular flexibility index (Phi) is 6.04. The summed E-state index contributed by atoms with van der Waals surface area (Å²) in [5, 5.41) is 11.9. The maximum Gasteiger partial charge on any atom is 0.234 e. The molecule has 0 saturated carbocycles. The van der Waals surface area contributed by atoms with Gasteiger partial charge < -0.3 is 14.6 Å². The van der Waals surface area contributed by atoms with E-state index in [1.165, 1.54) is 11.8 Å². The largest absolute Gasteiger partial charge is 0.383 e. The van der Waals surface area contributed by atoms with E-state index in [1.54, 1.807) is 37.7 Å². The lowest BCUT2D eigenvalue weighted by atomic mass is 10.3. The maximum atomic E-state index is 11.9. The third-order valence-corrected chi connectivity index (χ3v) is 3.77. The zero-order valence-corrected chi connectivity index (χ0v) is 13.0. The molecule has 0 aliphatic rings. The van der Waals surface area contributed by atoms with Crippen LogP contribution in [0.25, 0.3) is 0 Å². The number of methoxy groups -OCH3 is 1. The van der Waals surface area contributed by atoms with Gasteiger partial charge in [0.15, 0.2) is 5.16 Å². The molecule has 1 heterocycles. The number of ether oxygens (including phenoxy) is 1. The van der Waals surface area contributed by atoms with Crippen molar-refractivity contribution < 1.29 is 9.53 Å². The molecule has 112 valence electrons. The lowest BCUT2D eigenvalue weighted by Crippen LogP contribution is -2.14. The Morgan fingerprint density at radius 2 is 2.38 bits per heavy atom. The quantitative estimate of drug-likeness (QED) is 0.791. The van der Waals surface area contributed by atoms with Gasteiger partial charge in [0.2, 0.25) is 5.91 Å². The van der Waals surface area contributed by atoms with Gasteiger partial charge in [-0.25, -0.2) is 0 Å². The third kappa shape index (κ3) is 5.04. The Morgan fingerprint density at radius 3 is 3.14 bits per heavy atom. The van der Waals surface area contributed by atoms with Gasteiger partial charge in [-0.2, -0.15) is 0 Å². The van der Waals surface area contributed by atoms with Crippen LogP contribution >= 0.6 is 23.4 Å². The fourth-order valence-electron chi connectivity index (χ4n) is 1.59. The average Bonchev–Trinajstić information content (AvgIpc) is 2.90. The van der Waals surface area contributed by atoms with E-state index < -0.39 is 0 Å². The zero-order valence-electron chi connectivity index (χ0n) is 11.5. The molecule has 2 rings (SSSR count). The predicted octanol–water partition coefficient (Wildman–Crippen LogP) is 2.31. The number of halogens is 1. The van der Waals surface area contributed by atoms with Crippen LogP contribution < -0.4 is 5.32 Å². The summed E-state index contributed by atoms with van der Waals surface area (Å²) in [7, 11) is 1.63. The fourth-order valence-corrected chi connectivity index (χ4v) is 2.52. The molecule has 0 fully saturated rings. The van der Waals surface area contributed by atoms with E-state index in [4.69, 9.17) is 16.3 Å². The van der Waals surface area contributed by atoms with E-state index >= 15 is 0 Å². The minimum absolute atomic E-state index is 0.122. The topological polar surface area (TPSA) is 69.0 Å². The van der Waals surface area contributed by atoms with Crippen molar-refractivity contribution in [3.8, 4) is 0 Å². The molecule has 21 heavy (non-hydrogen) atoms. The van der Waals surface area contributed by atoms with Crippen molar-refractivity contribution in [2.24, 2.45) is 0 Å². The van der Waals surface area contributed by atoms with Gasteiger partial charge >= 0.3 is 0 Å². The molecule has 0 radical (unpaired) electrons.